The van der Waals surface area contributed by atoms with E-state index in [1.807, 2.05) is 6.92 Å². The maximum Gasteiger partial charge on any atom is 0.338 e. The van der Waals surface area contributed by atoms with Crippen molar-refractivity contribution in [2.45, 2.75) is 39.3 Å². The number of carbonyl (C=O) groups is 4. The molecule has 2 aromatic carbocycles. The fourth-order valence-corrected chi connectivity index (χ4v) is 3.29. The normalized spacial score (nSPS) is 14.9. The second-order valence-electron chi connectivity index (χ2n) is 7.04. The van der Waals surface area contributed by atoms with Gasteiger partial charge in [0.1, 0.15) is 0 Å². The summed E-state index contributed by atoms with van der Waals surface area (Å²) < 4.78 is 6.11. The van der Waals surface area contributed by atoms with Gasteiger partial charge in [0.2, 0.25) is 0 Å². The quantitative estimate of drug-likeness (QED) is 0.505. The number of esters is 1. The number of benzene rings is 2. The van der Waals surface area contributed by atoms with Gasteiger partial charge in [-0.25, -0.2) is 4.79 Å². The third kappa shape index (κ3) is 4.28. The van der Waals surface area contributed by atoms with E-state index < -0.39 is 23.9 Å². The Morgan fingerprint density at radius 3 is 2.30 bits per heavy atom. The molecule has 0 saturated heterocycles. The highest BCUT2D eigenvalue weighted by molar-refractivity contribution is 9.10. The number of hydrogen-bond acceptors (Lipinski definition) is 5. The second kappa shape index (κ2) is 8.79. The third-order valence-corrected chi connectivity index (χ3v) is 5.48. The molecular formula is C22H21BrN2O5. The summed E-state index contributed by atoms with van der Waals surface area (Å²) in [4.78, 5) is 51.1. The SMILES string of the molecule is CCC(C)N1C(=O)c2ccc(C(=O)OC(C)C(=O)Nc3ccc(Br)cc3)cc2C1=O. The van der Waals surface area contributed by atoms with Crippen molar-refractivity contribution < 1.29 is 23.9 Å². The van der Waals surface area contributed by atoms with Crippen molar-refractivity contribution in [3.63, 3.8) is 0 Å². The van der Waals surface area contributed by atoms with E-state index in [1.165, 1.54) is 30.0 Å². The molecule has 1 aliphatic rings. The molecule has 2 atom stereocenters. The lowest BCUT2D eigenvalue weighted by atomic mass is 10.1. The zero-order valence-corrected chi connectivity index (χ0v) is 18.4. The molecule has 0 fully saturated rings. The molecule has 3 rings (SSSR count). The number of anilines is 1. The van der Waals surface area contributed by atoms with Crippen molar-refractivity contribution in [3.05, 3.63) is 63.6 Å². The van der Waals surface area contributed by atoms with Crippen LogP contribution in [0.5, 0.6) is 0 Å². The summed E-state index contributed by atoms with van der Waals surface area (Å²) in [7, 11) is 0. The first kappa shape index (κ1) is 21.7. The van der Waals surface area contributed by atoms with Crippen LogP contribution < -0.4 is 5.32 Å². The van der Waals surface area contributed by atoms with Crippen LogP contribution in [0, 0.1) is 0 Å². The number of carbonyl (C=O) groups excluding carboxylic acids is 4. The number of rotatable bonds is 6. The van der Waals surface area contributed by atoms with Crippen LogP contribution in [0.15, 0.2) is 46.9 Å². The summed E-state index contributed by atoms with van der Waals surface area (Å²) in [6.45, 7) is 5.14. The maximum absolute atomic E-state index is 12.6. The van der Waals surface area contributed by atoms with Crippen LogP contribution in [0.4, 0.5) is 5.69 Å². The molecule has 0 aromatic heterocycles. The van der Waals surface area contributed by atoms with Crippen LogP contribution in [0.2, 0.25) is 0 Å². The van der Waals surface area contributed by atoms with Crippen molar-refractivity contribution in [3.8, 4) is 0 Å². The Bertz CT molecular complexity index is 1020. The third-order valence-electron chi connectivity index (χ3n) is 4.95. The van der Waals surface area contributed by atoms with Gasteiger partial charge in [-0.05, 0) is 62.7 Å². The van der Waals surface area contributed by atoms with E-state index in [2.05, 4.69) is 21.2 Å². The van der Waals surface area contributed by atoms with Crippen LogP contribution in [-0.4, -0.2) is 40.7 Å². The zero-order valence-electron chi connectivity index (χ0n) is 16.8. The topological polar surface area (TPSA) is 92.8 Å². The number of hydrogen-bond donors (Lipinski definition) is 1. The molecule has 1 aliphatic heterocycles. The van der Waals surface area contributed by atoms with Crippen LogP contribution in [0.25, 0.3) is 0 Å². The van der Waals surface area contributed by atoms with E-state index in [-0.39, 0.29) is 28.6 Å². The minimum Gasteiger partial charge on any atom is -0.449 e. The van der Waals surface area contributed by atoms with Gasteiger partial charge in [-0.15, -0.1) is 0 Å². The highest BCUT2D eigenvalue weighted by Gasteiger charge is 2.38. The van der Waals surface area contributed by atoms with Gasteiger partial charge in [0.25, 0.3) is 17.7 Å². The highest BCUT2D eigenvalue weighted by Crippen LogP contribution is 2.27. The lowest BCUT2D eigenvalue weighted by molar-refractivity contribution is -0.123. The summed E-state index contributed by atoms with van der Waals surface area (Å²) >= 11 is 3.31. The van der Waals surface area contributed by atoms with Gasteiger partial charge < -0.3 is 10.1 Å². The molecule has 2 aromatic rings. The predicted octanol–water partition coefficient (Wildman–Crippen LogP) is 4.03. The maximum atomic E-state index is 12.6. The smallest absolute Gasteiger partial charge is 0.338 e. The van der Waals surface area contributed by atoms with Crippen molar-refractivity contribution in [2.24, 2.45) is 0 Å². The summed E-state index contributed by atoms with van der Waals surface area (Å²) in [5.74, 6) is -2.04. The molecule has 0 saturated carbocycles. The fraction of sp³-hybridized carbons (Fsp3) is 0.273. The minimum atomic E-state index is -1.05. The van der Waals surface area contributed by atoms with Crippen molar-refractivity contribution in [2.75, 3.05) is 5.32 Å². The Labute approximate surface area is 182 Å². The van der Waals surface area contributed by atoms with Gasteiger partial charge in [-0.2, -0.15) is 0 Å². The minimum absolute atomic E-state index is 0.101. The average Bonchev–Trinajstić information content (AvgIpc) is 2.98. The molecule has 30 heavy (non-hydrogen) atoms. The van der Waals surface area contributed by atoms with Crippen LogP contribution in [0.1, 0.15) is 58.3 Å². The first-order chi connectivity index (χ1) is 14.2. The molecule has 3 amide bonds. The molecule has 8 heteroatoms. The van der Waals surface area contributed by atoms with Gasteiger partial charge in [-0.3, -0.25) is 19.3 Å². The molecule has 1 heterocycles. The molecule has 0 radical (unpaired) electrons. The molecule has 0 spiro atoms. The monoisotopic (exact) mass is 472 g/mol. The molecule has 0 bridgehead atoms. The summed E-state index contributed by atoms with van der Waals surface area (Å²) in [5, 5.41) is 2.66. The van der Waals surface area contributed by atoms with E-state index in [9.17, 15) is 19.2 Å². The Morgan fingerprint density at radius 2 is 1.67 bits per heavy atom. The van der Waals surface area contributed by atoms with Crippen LogP contribution in [0.3, 0.4) is 0 Å². The fourth-order valence-electron chi connectivity index (χ4n) is 3.03. The van der Waals surface area contributed by atoms with Gasteiger partial charge in [0, 0.05) is 16.2 Å². The number of amides is 3. The zero-order chi connectivity index (χ0) is 22.0. The lowest BCUT2D eigenvalue weighted by Gasteiger charge is -2.20. The number of ether oxygens (including phenoxy) is 1. The molecule has 2 unspecified atom stereocenters. The van der Waals surface area contributed by atoms with E-state index in [4.69, 9.17) is 4.74 Å². The molecule has 156 valence electrons. The Hall–Kier alpha value is -3.00. The lowest BCUT2D eigenvalue weighted by Crippen LogP contribution is -2.37. The average molecular weight is 473 g/mol. The van der Waals surface area contributed by atoms with Gasteiger partial charge in [0.15, 0.2) is 6.10 Å². The van der Waals surface area contributed by atoms with E-state index in [0.29, 0.717) is 12.1 Å². The van der Waals surface area contributed by atoms with Gasteiger partial charge in [-0.1, -0.05) is 22.9 Å². The van der Waals surface area contributed by atoms with Crippen molar-refractivity contribution >= 4 is 45.3 Å². The van der Waals surface area contributed by atoms with Crippen LogP contribution >= 0.6 is 15.9 Å². The number of nitrogens with one attached hydrogen (secondary N) is 1. The van der Waals surface area contributed by atoms with Crippen LogP contribution in [-0.2, 0) is 9.53 Å². The molecule has 1 N–H and O–H groups in total. The van der Waals surface area contributed by atoms with Gasteiger partial charge >= 0.3 is 5.97 Å². The highest BCUT2D eigenvalue weighted by atomic mass is 79.9. The number of nitrogens with zero attached hydrogens (tertiary/aromatic N) is 1. The Kier molecular flexibility index (Phi) is 6.36. The number of fused-ring (bicyclic) bond motifs is 1. The summed E-state index contributed by atoms with van der Waals surface area (Å²) in [5.41, 5.74) is 1.10. The van der Waals surface area contributed by atoms with Crippen molar-refractivity contribution in [1.82, 2.24) is 4.90 Å². The van der Waals surface area contributed by atoms with E-state index in [1.54, 1.807) is 31.2 Å². The molecule has 7 nitrogen and oxygen atoms in total. The second-order valence-corrected chi connectivity index (χ2v) is 7.96. The standard InChI is InChI=1S/C22H21BrN2O5/c1-4-12(2)25-20(27)17-10-5-14(11-18(17)21(25)28)22(29)30-13(3)19(26)24-16-8-6-15(23)7-9-16/h5-13H,4H2,1-3H3,(H,24,26). The van der Waals surface area contributed by atoms with E-state index in [0.717, 1.165) is 4.47 Å². The number of imide groups is 1. The Balaban J connectivity index is 1.70. The Morgan fingerprint density at radius 1 is 1.03 bits per heavy atom. The number of halogens is 1. The molecule has 0 aliphatic carbocycles. The van der Waals surface area contributed by atoms with Gasteiger partial charge in [0.05, 0.1) is 16.7 Å². The van der Waals surface area contributed by atoms with Crippen molar-refractivity contribution in [1.29, 1.82) is 0 Å². The predicted molar refractivity (Wildman–Crippen MR) is 114 cm³/mol. The summed E-state index contributed by atoms with van der Waals surface area (Å²) in [6.07, 6.45) is -0.422. The first-order valence-electron chi connectivity index (χ1n) is 9.52. The largest absolute Gasteiger partial charge is 0.449 e. The molecular weight excluding hydrogens is 452 g/mol. The van der Waals surface area contributed by atoms with E-state index >= 15 is 0 Å². The first-order valence-corrected chi connectivity index (χ1v) is 10.3. The summed E-state index contributed by atoms with van der Waals surface area (Å²) in [6, 6.07) is 10.9.